The molecule has 154 valence electrons. The lowest BCUT2D eigenvalue weighted by Gasteiger charge is -2.31. The average molecular weight is 373 g/mol. The van der Waals surface area contributed by atoms with Gasteiger partial charge in [-0.05, 0) is 50.2 Å². The summed E-state index contributed by atoms with van der Waals surface area (Å²) in [4.78, 5) is 2.61. The number of hydrogen-bond donors (Lipinski definition) is 1. The molecule has 1 aromatic carbocycles. The molecule has 2 nitrogen and oxygen atoms in total. The van der Waals surface area contributed by atoms with Gasteiger partial charge in [-0.15, -0.1) is 0 Å². The van der Waals surface area contributed by atoms with Crippen LogP contribution >= 0.6 is 0 Å². The lowest BCUT2D eigenvalue weighted by Crippen LogP contribution is -2.39. The Bertz CT molecular complexity index is 513. The zero-order valence-corrected chi connectivity index (χ0v) is 18.1. The second-order valence-electron chi connectivity index (χ2n) is 8.81. The van der Waals surface area contributed by atoms with Crippen molar-refractivity contribution in [3.05, 3.63) is 29.8 Å². The van der Waals surface area contributed by atoms with E-state index in [4.69, 9.17) is 5.73 Å². The van der Waals surface area contributed by atoms with E-state index in [1.54, 1.807) is 5.56 Å². The maximum atomic E-state index is 6.67. The first kappa shape index (κ1) is 22.3. The van der Waals surface area contributed by atoms with Crippen LogP contribution in [-0.4, -0.2) is 18.6 Å². The number of unbranched alkanes of at least 4 members (excludes halogenated alkanes) is 6. The minimum atomic E-state index is 0.117. The van der Waals surface area contributed by atoms with Crippen molar-refractivity contribution in [2.75, 3.05) is 18.0 Å². The van der Waals surface area contributed by atoms with Crippen LogP contribution in [0.3, 0.4) is 0 Å². The third-order valence-corrected chi connectivity index (χ3v) is 6.34. The van der Waals surface area contributed by atoms with Gasteiger partial charge in [0, 0.05) is 24.3 Å². The van der Waals surface area contributed by atoms with Crippen molar-refractivity contribution in [1.29, 1.82) is 0 Å². The van der Waals surface area contributed by atoms with Crippen LogP contribution < -0.4 is 10.6 Å². The number of rotatable bonds is 14. The first-order valence-electron chi connectivity index (χ1n) is 11.8. The Morgan fingerprint density at radius 1 is 0.852 bits per heavy atom. The van der Waals surface area contributed by atoms with Crippen molar-refractivity contribution in [1.82, 2.24) is 0 Å². The van der Waals surface area contributed by atoms with Gasteiger partial charge in [0.15, 0.2) is 0 Å². The first-order valence-corrected chi connectivity index (χ1v) is 11.8. The van der Waals surface area contributed by atoms with Crippen LogP contribution in [0.2, 0.25) is 0 Å². The third kappa shape index (κ3) is 7.86. The summed E-state index contributed by atoms with van der Waals surface area (Å²) in [6, 6.07) is 8.98. The van der Waals surface area contributed by atoms with E-state index >= 15 is 0 Å². The van der Waals surface area contributed by atoms with Crippen LogP contribution in [0.5, 0.6) is 0 Å². The fraction of sp³-hybridized carbons (Fsp3) is 0.760. The molecule has 1 aliphatic rings. The average Bonchev–Trinajstić information content (AvgIpc) is 2.69. The zero-order chi connectivity index (χ0) is 19.4. The standard InChI is InChI=1S/C25H44N2/c1-3-5-19-25(26,18-4-2)20-12-8-6-7-9-13-21-27-22-14-16-23-15-10-11-17-24(23)27/h10-11,15,17H,3-9,12-14,16,18-22,26H2,1-2H3. The third-order valence-electron chi connectivity index (χ3n) is 6.34. The molecule has 0 radical (unpaired) electrons. The summed E-state index contributed by atoms with van der Waals surface area (Å²) < 4.78 is 0. The van der Waals surface area contributed by atoms with Crippen LogP contribution in [-0.2, 0) is 6.42 Å². The zero-order valence-electron chi connectivity index (χ0n) is 18.1. The number of anilines is 1. The summed E-state index contributed by atoms with van der Waals surface area (Å²) in [5.41, 5.74) is 9.83. The number of hydrogen-bond acceptors (Lipinski definition) is 2. The van der Waals surface area contributed by atoms with Crippen LogP contribution in [0.1, 0.15) is 103 Å². The molecule has 0 bridgehead atoms. The molecular weight excluding hydrogens is 328 g/mol. The molecule has 2 N–H and O–H groups in total. The van der Waals surface area contributed by atoms with Crippen LogP contribution in [0.25, 0.3) is 0 Å². The Morgan fingerprint density at radius 3 is 2.33 bits per heavy atom. The van der Waals surface area contributed by atoms with E-state index in [0.717, 1.165) is 0 Å². The topological polar surface area (TPSA) is 29.3 Å². The second-order valence-corrected chi connectivity index (χ2v) is 8.81. The summed E-state index contributed by atoms with van der Waals surface area (Å²) in [7, 11) is 0. The maximum Gasteiger partial charge on any atom is 0.0398 e. The van der Waals surface area contributed by atoms with Gasteiger partial charge in [-0.2, -0.15) is 0 Å². The van der Waals surface area contributed by atoms with Crippen molar-refractivity contribution >= 4 is 5.69 Å². The Balaban J connectivity index is 1.55. The van der Waals surface area contributed by atoms with Crippen molar-refractivity contribution < 1.29 is 0 Å². The molecule has 0 spiro atoms. The molecule has 0 saturated carbocycles. The van der Waals surface area contributed by atoms with Crippen molar-refractivity contribution in [2.45, 2.75) is 109 Å². The lowest BCUT2D eigenvalue weighted by atomic mass is 9.84. The molecule has 0 aromatic heterocycles. The van der Waals surface area contributed by atoms with E-state index in [9.17, 15) is 0 Å². The molecule has 1 aromatic rings. The minimum absolute atomic E-state index is 0.117. The second kappa shape index (κ2) is 12.4. The molecular formula is C25H44N2. The molecule has 1 aliphatic heterocycles. The maximum absolute atomic E-state index is 6.67. The summed E-state index contributed by atoms with van der Waals surface area (Å²) >= 11 is 0. The smallest absolute Gasteiger partial charge is 0.0398 e. The van der Waals surface area contributed by atoms with Crippen LogP contribution in [0.15, 0.2) is 24.3 Å². The number of benzene rings is 1. The Morgan fingerprint density at radius 2 is 1.56 bits per heavy atom. The number of fused-ring (bicyclic) bond motifs is 1. The van der Waals surface area contributed by atoms with E-state index < -0.39 is 0 Å². The van der Waals surface area contributed by atoms with Gasteiger partial charge in [-0.1, -0.05) is 83.4 Å². The SMILES string of the molecule is CCCCC(N)(CCC)CCCCCCCCN1CCCc2ccccc21. The summed E-state index contributed by atoms with van der Waals surface area (Å²) in [6.45, 7) is 7.02. The molecule has 27 heavy (non-hydrogen) atoms. The van der Waals surface area contributed by atoms with Gasteiger partial charge in [0.1, 0.15) is 0 Å². The normalized spacial score (nSPS) is 16.2. The van der Waals surface area contributed by atoms with Gasteiger partial charge in [0.25, 0.3) is 0 Å². The molecule has 1 atom stereocenters. The van der Waals surface area contributed by atoms with Gasteiger partial charge < -0.3 is 10.6 Å². The Labute approximate surface area is 168 Å². The summed E-state index contributed by atoms with van der Waals surface area (Å²) in [5.74, 6) is 0. The van der Waals surface area contributed by atoms with Crippen molar-refractivity contribution in [2.24, 2.45) is 5.73 Å². The van der Waals surface area contributed by atoms with E-state index in [2.05, 4.69) is 43.0 Å². The quantitative estimate of drug-likeness (QED) is 0.361. The first-order chi connectivity index (χ1) is 13.2. The van der Waals surface area contributed by atoms with Gasteiger partial charge >= 0.3 is 0 Å². The van der Waals surface area contributed by atoms with Gasteiger partial charge in [-0.25, -0.2) is 0 Å². The van der Waals surface area contributed by atoms with Gasteiger partial charge in [0.2, 0.25) is 0 Å². The molecule has 0 amide bonds. The summed E-state index contributed by atoms with van der Waals surface area (Å²) in [5, 5.41) is 0. The van der Waals surface area contributed by atoms with Crippen molar-refractivity contribution in [3.63, 3.8) is 0 Å². The van der Waals surface area contributed by atoms with E-state index in [1.807, 2.05) is 0 Å². The van der Waals surface area contributed by atoms with Gasteiger partial charge in [0.05, 0.1) is 0 Å². The number of nitrogens with zero attached hydrogens (tertiary/aromatic N) is 1. The number of nitrogens with two attached hydrogens (primary N) is 1. The predicted molar refractivity (Wildman–Crippen MR) is 121 cm³/mol. The largest absolute Gasteiger partial charge is 0.371 e. The minimum Gasteiger partial charge on any atom is -0.371 e. The highest BCUT2D eigenvalue weighted by molar-refractivity contribution is 5.55. The predicted octanol–water partition coefficient (Wildman–Crippen LogP) is 6.86. The molecule has 1 heterocycles. The molecule has 0 aliphatic carbocycles. The summed E-state index contributed by atoms with van der Waals surface area (Å²) in [6.07, 6.45) is 18.1. The highest BCUT2D eigenvalue weighted by Gasteiger charge is 2.22. The van der Waals surface area contributed by atoms with Gasteiger partial charge in [-0.3, -0.25) is 0 Å². The highest BCUT2D eigenvalue weighted by Crippen LogP contribution is 2.27. The molecule has 0 fully saturated rings. The van der Waals surface area contributed by atoms with E-state index in [-0.39, 0.29) is 5.54 Å². The molecule has 0 saturated heterocycles. The molecule has 1 unspecified atom stereocenters. The van der Waals surface area contributed by atoms with Crippen molar-refractivity contribution in [3.8, 4) is 0 Å². The number of para-hydroxylation sites is 1. The molecule has 2 heteroatoms. The van der Waals surface area contributed by atoms with E-state index in [0.29, 0.717) is 0 Å². The monoisotopic (exact) mass is 372 g/mol. The Hall–Kier alpha value is -1.02. The van der Waals surface area contributed by atoms with Crippen LogP contribution in [0, 0.1) is 0 Å². The fourth-order valence-corrected chi connectivity index (χ4v) is 4.73. The highest BCUT2D eigenvalue weighted by atomic mass is 15.1. The van der Waals surface area contributed by atoms with Crippen LogP contribution in [0.4, 0.5) is 5.69 Å². The molecule has 2 rings (SSSR count). The lowest BCUT2D eigenvalue weighted by molar-refractivity contribution is 0.314. The van der Waals surface area contributed by atoms with E-state index in [1.165, 1.54) is 109 Å². The number of aryl methyl sites for hydroxylation is 1. The fourth-order valence-electron chi connectivity index (χ4n) is 4.73. The Kier molecular flexibility index (Phi) is 10.3.